The van der Waals surface area contributed by atoms with Gasteiger partial charge >= 0.3 is 12.0 Å². The molecule has 0 bridgehead atoms. The van der Waals surface area contributed by atoms with Crippen molar-refractivity contribution in [2.24, 2.45) is 5.73 Å². The van der Waals surface area contributed by atoms with E-state index in [-0.39, 0.29) is 18.1 Å². The first-order valence-corrected chi connectivity index (χ1v) is 9.78. The summed E-state index contributed by atoms with van der Waals surface area (Å²) in [5.74, 6) is -1.22. The topological polar surface area (TPSA) is 128 Å². The molecule has 1 unspecified atom stereocenters. The molecule has 4 N–H and O–H groups in total. The highest BCUT2D eigenvalue weighted by atomic mass is 35.5. The Morgan fingerprint density at radius 1 is 1.17 bits per heavy atom. The molecular weight excluding hydrogens is 418 g/mol. The van der Waals surface area contributed by atoms with E-state index in [2.05, 4.69) is 10.6 Å². The van der Waals surface area contributed by atoms with Crippen LogP contribution < -0.4 is 16.4 Å². The molecule has 1 aromatic carbocycles. The van der Waals surface area contributed by atoms with Crippen LogP contribution >= 0.6 is 22.9 Å². The van der Waals surface area contributed by atoms with E-state index < -0.39 is 24.6 Å². The number of urea groups is 1. The summed E-state index contributed by atoms with van der Waals surface area (Å²) in [5, 5.41) is 5.45. The Morgan fingerprint density at radius 3 is 2.55 bits per heavy atom. The lowest BCUT2D eigenvalue weighted by molar-refractivity contribution is -0.143. The number of thiophene rings is 1. The van der Waals surface area contributed by atoms with Crippen molar-refractivity contribution in [3.05, 3.63) is 56.7 Å². The molecule has 0 saturated carbocycles. The number of halogens is 1. The van der Waals surface area contributed by atoms with Crippen LogP contribution in [0.2, 0.25) is 5.02 Å². The Morgan fingerprint density at radius 2 is 1.90 bits per heavy atom. The lowest BCUT2D eigenvalue weighted by Crippen LogP contribution is -2.35. The van der Waals surface area contributed by atoms with Gasteiger partial charge in [0.2, 0.25) is 11.7 Å². The van der Waals surface area contributed by atoms with Crippen LogP contribution in [0.4, 0.5) is 4.79 Å². The number of benzene rings is 1. The van der Waals surface area contributed by atoms with E-state index in [1.54, 1.807) is 36.4 Å². The summed E-state index contributed by atoms with van der Waals surface area (Å²) >= 11 is 7.33. The number of nitrogens with two attached hydrogens (primary N) is 1. The number of rotatable bonds is 9. The maximum atomic E-state index is 12.2. The normalized spacial score (nSPS) is 11.4. The molecule has 2 rings (SSSR count). The molecule has 0 aliphatic heterocycles. The van der Waals surface area contributed by atoms with Crippen molar-refractivity contribution in [2.45, 2.75) is 25.9 Å². The van der Waals surface area contributed by atoms with Crippen molar-refractivity contribution in [2.75, 3.05) is 6.61 Å². The van der Waals surface area contributed by atoms with E-state index in [9.17, 15) is 19.2 Å². The highest BCUT2D eigenvalue weighted by Crippen LogP contribution is 2.25. The van der Waals surface area contributed by atoms with Gasteiger partial charge in [-0.3, -0.25) is 14.4 Å². The molecular formula is C19H20ClN3O5S. The molecule has 10 heteroatoms. The van der Waals surface area contributed by atoms with Gasteiger partial charge in [0.25, 0.3) is 0 Å². The third kappa shape index (κ3) is 7.20. The van der Waals surface area contributed by atoms with Crippen molar-refractivity contribution in [3.63, 3.8) is 0 Å². The smallest absolute Gasteiger partial charge is 0.312 e. The number of hydrogen-bond donors (Lipinski definition) is 3. The Kier molecular flexibility index (Phi) is 8.17. The number of esters is 1. The first kappa shape index (κ1) is 22.4. The van der Waals surface area contributed by atoms with Crippen LogP contribution in [0.15, 0.2) is 36.4 Å². The van der Waals surface area contributed by atoms with Gasteiger partial charge in [-0.05, 0) is 23.8 Å². The van der Waals surface area contributed by atoms with Crippen LogP contribution in [0.1, 0.15) is 39.5 Å². The second-order valence-electron chi connectivity index (χ2n) is 6.05. The van der Waals surface area contributed by atoms with Crippen LogP contribution in [0.5, 0.6) is 0 Å². The van der Waals surface area contributed by atoms with Gasteiger partial charge < -0.3 is 21.1 Å². The maximum absolute atomic E-state index is 12.2. The van der Waals surface area contributed by atoms with Crippen molar-refractivity contribution in [3.8, 4) is 0 Å². The van der Waals surface area contributed by atoms with E-state index in [1.165, 1.54) is 18.3 Å². The molecule has 1 aromatic heterocycles. The molecule has 8 nitrogen and oxygen atoms in total. The molecule has 0 spiro atoms. The number of ether oxygens (including phenoxy) is 1. The predicted molar refractivity (Wildman–Crippen MR) is 109 cm³/mol. The number of carbonyl (C=O) groups excluding carboxylic acids is 4. The van der Waals surface area contributed by atoms with Crippen LogP contribution in [0.3, 0.4) is 0 Å². The first-order chi connectivity index (χ1) is 13.8. The molecule has 29 heavy (non-hydrogen) atoms. The second kappa shape index (κ2) is 10.6. The lowest BCUT2D eigenvalue weighted by atomic mass is 10.0. The Labute approximate surface area is 176 Å². The second-order valence-corrected chi connectivity index (χ2v) is 7.62. The number of nitrogens with one attached hydrogen (secondary N) is 2. The third-order valence-corrected chi connectivity index (χ3v) is 5.25. The molecule has 1 heterocycles. The summed E-state index contributed by atoms with van der Waals surface area (Å²) < 4.78 is 5.05. The zero-order valence-electron chi connectivity index (χ0n) is 15.6. The number of amides is 3. The minimum Gasteiger partial charge on any atom is -0.457 e. The molecule has 0 radical (unpaired) electrons. The van der Waals surface area contributed by atoms with Gasteiger partial charge in [0.15, 0.2) is 6.61 Å². The number of hydrogen-bond acceptors (Lipinski definition) is 6. The fourth-order valence-corrected chi connectivity index (χ4v) is 3.58. The molecule has 0 aliphatic carbocycles. The van der Waals surface area contributed by atoms with Crippen LogP contribution in [0.25, 0.3) is 0 Å². The monoisotopic (exact) mass is 437 g/mol. The summed E-state index contributed by atoms with van der Waals surface area (Å²) in [5.41, 5.74) is 5.69. The number of Topliss-reactive ketones (excluding diaryl/α,β-unsaturated/α-hetero) is 1. The van der Waals surface area contributed by atoms with Gasteiger partial charge in [0.05, 0.1) is 23.9 Å². The SMILES string of the molecule is CC(=O)NCc1ccc(C(=O)COC(=O)CC(NC(N)=O)c2ccccc2Cl)s1. The summed E-state index contributed by atoms with van der Waals surface area (Å²) in [7, 11) is 0. The zero-order valence-corrected chi connectivity index (χ0v) is 17.1. The van der Waals surface area contributed by atoms with Gasteiger partial charge in [-0.1, -0.05) is 29.8 Å². The van der Waals surface area contributed by atoms with Crippen LogP contribution in [-0.4, -0.2) is 30.3 Å². The molecule has 0 saturated heterocycles. The Bertz CT molecular complexity index is 915. The minimum absolute atomic E-state index is 0.169. The van der Waals surface area contributed by atoms with Crippen molar-refractivity contribution in [1.82, 2.24) is 10.6 Å². The van der Waals surface area contributed by atoms with Crippen molar-refractivity contribution in [1.29, 1.82) is 0 Å². The average Bonchev–Trinajstić information content (AvgIpc) is 3.13. The number of primary amides is 1. The lowest BCUT2D eigenvalue weighted by Gasteiger charge is -2.18. The summed E-state index contributed by atoms with van der Waals surface area (Å²) in [6.45, 7) is 1.29. The Hall–Kier alpha value is -2.91. The van der Waals surface area contributed by atoms with E-state index in [0.29, 0.717) is 22.0 Å². The van der Waals surface area contributed by atoms with E-state index >= 15 is 0 Å². The first-order valence-electron chi connectivity index (χ1n) is 8.58. The predicted octanol–water partition coefficient (Wildman–Crippen LogP) is 2.56. The van der Waals surface area contributed by atoms with Gasteiger partial charge in [-0.25, -0.2) is 4.79 Å². The van der Waals surface area contributed by atoms with E-state index in [1.807, 2.05) is 0 Å². The molecule has 3 amide bonds. The van der Waals surface area contributed by atoms with Gasteiger partial charge in [-0.15, -0.1) is 11.3 Å². The standard InChI is InChI=1S/C19H20ClN3O5S/c1-11(24)22-9-12-6-7-17(29-12)16(25)10-28-18(26)8-15(23-19(21)27)13-4-2-3-5-14(13)20/h2-7,15H,8-10H2,1H3,(H,22,24)(H3,21,23,27). The summed E-state index contributed by atoms with van der Waals surface area (Å²) in [4.78, 5) is 47.8. The number of ketones is 1. The summed E-state index contributed by atoms with van der Waals surface area (Å²) in [6, 6.07) is 8.44. The minimum atomic E-state index is -0.816. The van der Waals surface area contributed by atoms with Crippen LogP contribution in [0, 0.1) is 0 Å². The quantitative estimate of drug-likeness (QED) is 0.410. The average molecular weight is 438 g/mol. The molecule has 0 aliphatic rings. The zero-order chi connectivity index (χ0) is 21.4. The fraction of sp³-hybridized carbons (Fsp3) is 0.263. The van der Waals surface area contributed by atoms with E-state index in [0.717, 1.165) is 4.88 Å². The van der Waals surface area contributed by atoms with Gasteiger partial charge in [0, 0.05) is 16.8 Å². The van der Waals surface area contributed by atoms with E-state index in [4.69, 9.17) is 22.1 Å². The highest BCUT2D eigenvalue weighted by molar-refractivity contribution is 7.14. The molecule has 2 aromatic rings. The largest absolute Gasteiger partial charge is 0.457 e. The maximum Gasteiger partial charge on any atom is 0.312 e. The Balaban J connectivity index is 1.93. The molecule has 154 valence electrons. The van der Waals surface area contributed by atoms with Crippen LogP contribution in [-0.2, 0) is 20.9 Å². The number of carbonyl (C=O) groups is 4. The van der Waals surface area contributed by atoms with Gasteiger partial charge in [-0.2, -0.15) is 0 Å². The third-order valence-electron chi connectivity index (χ3n) is 3.78. The fourth-order valence-electron chi connectivity index (χ4n) is 2.45. The molecule has 1 atom stereocenters. The van der Waals surface area contributed by atoms with Crippen molar-refractivity contribution >= 4 is 46.6 Å². The molecule has 0 fully saturated rings. The van der Waals surface area contributed by atoms with Crippen molar-refractivity contribution < 1.29 is 23.9 Å². The van der Waals surface area contributed by atoms with Gasteiger partial charge in [0.1, 0.15) is 0 Å². The summed E-state index contributed by atoms with van der Waals surface area (Å²) in [6.07, 6.45) is -0.238. The highest BCUT2D eigenvalue weighted by Gasteiger charge is 2.21.